The Kier molecular flexibility index (Phi) is 5.26. The minimum Gasteiger partial charge on any atom is -0.434 e. The molecule has 0 fully saturated rings. The van der Waals surface area contributed by atoms with Crippen LogP contribution in [0.1, 0.15) is 11.4 Å². The fraction of sp³-hybridized carbons (Fsp3) is 0.158. The van der Waals surface area contributed by atoms with E-state index >= 15 is 0 Å². The summed E-state index contributed by atoms with van der Waals surface area (Å²) >= 11 is 0. The number of nitrogens with zero attached hydrogens (tertiary/aromatic N) is 2. The monoisotopic (exact) mass is 357 g/mol. The van der Waals surface area contributed by atoms with Crippen molar-refractivity contribution >= 4 is 23.0 Å². The van der Waals surface area contributed by atoms with Gasteiger partial charge in [-0.3, -0.25) is 4.79 Å². The summed E-state index contributed by atoms with van der Waals surface area (Å²) in [7, 11) is 1.88. The Bertz CT molecular complexity index is 951. The van der Waals surface area contributed by atoms with Gasteiger partial charge in [-0.05, 0) is 24.3 Å². The highest BCUT2D eigenvalue weighted by atomic mass is 19.3. The molecule has 1 heterocycles. The quantitative estimate of drug-likeness (QED) is 0.687. The summed E-state index contributed by atoms with van der Waals surface area (Å²) in [6.07, 6.45) is 2.71. The van der Waals surface area contributed by atoms with Crippen LogP contribution in [0.4, 0.5) is 8.78 Å². The van der Waals surface area contributed by atoms with E-state index in [1.807, 2.05) is 35.9 Å². The second kappa shape index (κ2) is 7.77. The van der Waals surface area contributed by atoms with E-state index in [2.05, 4.69) is 15.0 Å². The van der Waals surface area contributed by atoms with Crippen molar-refractivity contribution in [2.75, 3.05) is 0 Å². The zero-order chi connectivity index (χ0) is 18.5. The molecule has 0 aliphatic heterocycles. The van der Waals surface area contributed by atoms with Crippen LogP contribution in [0.25, 0.3) is 17.1 Å². The number of aryl methyl sites for hydroxylation is 1. The number of benzene rings is 2. The number of carbonyl (C=O) groups excluding carboxylic acids is 1. The Morgan fingerprint density at radius 1 is 1.23 bits per heavy atom. The zero-order valence-electron chi connectivity index (χ0n) is 14.0. The molecule has 0 aliphatic carbocycles. The minimum absolute atomic E-state index is 0.0156. The van der Waals surface area contributed by atoms with Gasteiger partial charge in [-0.1, -0.05) is 30.3 Å². The molecule has 0 radical (unpaired) electrons. The predicted octanol–water partition coefficient (Wildman–Crippen LogP) is 3.50. The molecule has 0 saturated carbocycles. The van der Waals surface area contributed by atoms with Crippen LogP contribution in [0, 0.1) is 0 Å². The van der Waals surface area contributed by atoms with E-state index in [4.69, 9.17) is 0 Å². The summed E-state index contributed by atoms with van der Waals surface area (Å²) in [6, 6.07) is 14.0. The van der Waals surface area contributed by atoms with E-state index in [1.165, 1.54) is 18.2 Å². The molecule has 134 valence electrons. The summed E-state index contributed by atoms with van der Waals surface area (Å²) in [5.41, 5.74) is 2.23. The molecule has 1 aromatic heterocycles. The van der Waals surface area contributed by atoms with Gasteiger partial charge in [0.2, 0.25) is 5.91 Å². The first-order valence-electron chi connectivity index (χ1n) is 7.94. The summed E-state index contributed by atoms with van der Waals surface area (Å²) in [4.78, 5) is 16.5. The van der Waals surface area contributed by atoms with E-state index in [0.29, 0.717) is 5.56 Å². The van der Waals surface area contributed by atoms with Crippen LogP contribution < -0.4 is 10.1 Å². The van der Waals surface area contributed by atoms with Gasteiger partial charge < -0.3 is 14.6 Å². The van der Waals surface area contributed by atoms with Crippen LogP contribution in [0.5, 0.6) is 5.75 Å². The standard InChI is InChI=1S/C19H17F2N3O2/c1-24-15-8-4-3-7-14(15)23-17(24)12-22-18(25)11-10-13-6-2-5-9-16(13)26-19(20)21/h2-11,19H,12H2,1H3,(H,22,25)/b11-10+. The third-order valence-corrected chi connectivity index (χ3v) is 3.85. The smallest absolute Gasteiger partial charge is 0.387 e. The molecule has 0 saturated heterocycles. The van der Waals surface area contributed by atoms with Gasteiger partial charge in [0.15, 0.2) is 0 Å². The first-order valence-corrected chi connectivity index (χ1v) is 7.94. The van der Waals surface area contributed by atoms with Crippen molar-refractivity contribution in [3.05, 3.63) is 66.0 Å². The lowest BCUT2D eigenvalue weighted by Crippen LogP contribution is -2.22. The number of halogens is 2. The molecule has 7 heteroatoms. The molecule has 0 bridgehead atoms. The van der Waals surface area contributed by atoms with Crippen LogP contribution >= 0.6 is 0 Å². The van der Waals surface area contributed by atoms with E-state index in [0.717, 1.165) is 16.9 Å². The maximum absolute atomic E-state index is 12.4. The average Bonchev–Trinajstić information content (AvgIpc) is 2.95. The first-order chi connectivity index (χ1) is 12.5. The number of hydrogen-bond donors (Lipinski definition) is 1. The fourth-order valence-electron chi connectivity index (χ4n) is 2.57. The number of hydrogen-bond acceptors (Lipinski definition) is 3. The number of amides is 1. The summed E-state index contributed by atoms with van der Waals surface area (Å²) < 4.78 is 31.1. The van der Waals surface area contributed by atoms with Gasteiger partial charge in [0, 0.05) is 18.7 Å². The molecule has 0 atom stereocenters. The molecule has 0 spiro atoms. The number of carbonyl (C=O) groups is 1. The Morgan fingerprint density at radius 3 is 2.73 bits per heavy atom. The molecule has 1 amide bonds. The molecule has 26 heavy (non-hydrogen) atoms. The molecule has 3 rings (SSSR count). The molecule has 0 aliphatic rings. The summed E-state index contributed by atoms with van der Waals surface area (Å²) in [5, 5.41) is 2.73. The number of aromatic nitrogens is 2. The van der Waals surface area contributed by atoms with Crippen LogP contribution in [0.2, 0.25) is 0 Å². The van der Waals surface area contributed by atoms with Gasteiger partial charge in [-0.2, -0.15) is 8.78 Å². The van der Waals surface area contributed by atoms with Crippen molar-refractivity contribution in [1.29, 1.82) is 0 Å². The lowest BCUT2D eigenvalue weighted by Gasteiger charge is -2.07. The Labute approximate surface area is 148 Å². The van der Waals surface area contributed by atoms with E-state index < -0.39 is 6.61 Å². The third kappa shape index (κ3) is 4.05. The maximum atomic E-state index is 12.4. The van der Waals surface area contributed by atoms with Crippen molar-refractivity contribution < 1.29 is 18.3 Å². The fourth-order valence-corrected chi connectivity index (χ4v) is 2.57. The molecule has 1 N–H and O–H groups in total. The van der Waals surface area contributed by atoms with Crippen molar-refractivity contribution in [3.63, 3.8) is 0 Å². The van der Waals surface area contributed by atoms with Gasteiger partial charge in [0.25, 0.3) is 0 Å². The van der Waals surface area contributed by atoms with Crippen molar-refractivity contribution in [3.8, 4) is 5.75 Å². The largest absolute Gasteiger partial charge is 0.434 e. The highest BCUT2D eigenvalue weighted by Crippen LogP contribution is 2.21. The number of ether oxygens (including phenoxy) is 1. The number of fused-ring (bicyclic) bond motifs is 1. The summed E-state index contributed by atoms with van der Waals surface area (Å²) in [5.74, 6) is 0.375. The number of nitrogens with one attached hydrogen (secondary N) is 1. The minimum atomic E-state index is -2.92. The van der Waals surface area contributed by atoms with Crippen LogP contribution in [-0.4, -0.2) is 22.1 Å². The number of alkyl halides is 2. The lowest BCUT2D eigenvalue weighted by molar-refractivity contribution is -0.116. The Hall–Kier alpha value is -3.22. The van der Waals surface area contributed by atoms with E-state index in [-0.39, 0.29) is 18.2 Å². The van der Waals surface area contributed by atoms with Gasteiger partial charge in [0.05, 0.1) is 17.6 Å². The molecule has 0 unspecified atom stereocenters. The maximum Gasteiger partial charge on any atom is 0.387 e. The Morgan fingerprint density at radius 2 is 1.96 bits per heavy atom. The lowest BCUT2D eigenvalue weighted by atomic mass is 10.2. The molecular weight excluding hydrogens is 340 g/mol. The van der Waals surface area contributed by atoms with Gasteiger partial charge in [0.1, 0.15) is 11.6 Å². The summed E-state index contributed by atoms with van der Waals surface area (Å²) in [6.45, 7) is -2.67. The Balaban J connectivity index is 1.65. The van der Waals surface area contributed by atoms with Crippen molar-refractivity contribution in [2.24, 2.45) is 7.05 Å². The SMILES string of the molecule is Cn1c(CNC(=O)/C=C/c2ccccc2OC(F)F)nc2ccccc21. The van der Waals surface area contributed by atoms with Crippen molar-refractivity contribution in [1.82, 2.24) is 14.9 Å². The average molecular weight is 357 g/mol. The number of imidazole rings is 1. The number of para-hydroxylation sites is 3. The first kappa shape index (κ1) is 17.6. The van der Waals surface area contributed by atoms with Crippen LogP contribution in [0.15, 0.2) is 54.6 Å². The van der Waals surface area contributed by atoms with E-state index in [1.54, 1.807) is 18.2 Å². The molecule has 5 nitrogen and oxygen atoms in total. The predicted molar refractivity (Wildman–Crippen MR) is 94.7 cm³/mol. The highest BCUT2D eigenvalue weighted by Gasteiger charge is 2.09. The van der Waals surface area contributed by atoms with E-state index in [9.17, 15) is 13.6 Å². The second-order valence-corrected chi connectivity index (χ2v) is 5.54. The third-order valence-electron chi connectivity index (χ3n) is 3.85. The van der Waals surface area contributed by atoms with Gasteiger partial charge >= 0.3 is 6.61 Å². The molecule has 2 aromatic carbocycles. The van der Waals surface area contributed by atoms with Gasteiger partial charge in [-0.25, -0.2) is 4.98 Å². The van der Waals surface area contributed by atoms with Crippen molar-refractivity contribution in [2.45, 2.75) is 13.2 Å². The normalized spacial score (nSPS) is 11.4. The molecular formula is C19H17F2N3O2. The topological polar surface area (TPSA) is 56.2 Å². The number of rotatable bonds is 6. The highest BCUT2D eigenvalue weighted by molar-refractivity contribution is 5.92. The molecule has 3 aromatic rings. The second-order valence-electron chi connectivity index (χ2n) is 5.54. The zero-order valence-corrected chi connectivity index (χ0v) is 14.0. The van der Waals surface area contributed by atoms with Crippen LogP contribution in [-0.2, 0) is 18.4 Å². The van der Waals surface area contributed by atoms with Gasteiger partial charge in [-0.15, -0.1) is 0 Å². The van der Waals surface area contributed by atoms with Crippen LogP contribution in [0.3, 0.4) is 0 Å².